The van der Waals surface area contributed by atoms with Crippen LogP contribution in [0.5, 0.6) is 0 Å². The molecule has 0 aliphatic carbocycles. The molecule has 2 rings (SSSR count). The molecule has 2 nitrogen and oxygen atoms in total. The molecule has 0 bridgehead atoms. The Morgan fingerprint density at radius 1 is 1.42 bits per heavy atom. The average molecular weight is 180 g/mol. The highest BCUT2D eigenvalue weighted by molar-refractivity contribution is 7.17. The monoisotopic (exact) mass is 180 g/mol. The van der Waals surface area contributed by atoms with E-state index in [0.717, 1.165) is 4.96 Å². The van der Waals surface area contributed by atoms with Gasteiger partial charge in [0.2, 0.25) is 0 Å². The number of nitrogens with zero attached hydrogens (tertiary/aromatic N) is 2. The van der Waals surface area contributed by atoms with Crippen LogP contribution in [0.1, 0.15) is 25.6 Å². The summed E-state index contributed by atoms with van der Waals surface area (Å²) in [5.74, 6) is 0. The summed E-state index contributed by atoms with van der Waals surface area (Å²) in [6.07, 6.45) is 5.98. The van der Waals surface area contributed by atoms with E-state index in [1.165, 1.54) is 4.88 Å². The first kappa shape index (κ1) is 7.80. The molecular weight excluding hydrogens is 168 g/mol. The summed E-state index contributed by atoms with van der Waals surface area (Å²) in [4.78, 5) is 6.70. The minimum Gasteiger partial charge on any atom is -0.297 e. The van der Waals surface area contributed by atoms with E-state index in [9.17, 15) is 0 Å². The highest BCUT2D eigenvalue weighted by atomic mass is 32.1. The first-order valence-electron chi connectivity index (χ1n) is 4.00. The van der Waals surface area contributed by atoms with Crippen molar-refractivity contribution in [2.24, 2.45) is 0 Å². The Hall–Kier alpha value is -0.830. The van der Waals surface area contributed by atoms with E-state index >= 15 is 0 Å². The summed E-state index contributed by atoms with van der Waals surface area (Å²) in [6.45, 7) is 6.66. The van der Waals surface area contributed by atoms with Crippen molar-refractivity contribution in [3.63, 3.8) is 0 Å². The lowest BCUT2D eigenvalue weighted by Crippen LogP contribution is -2.08. The van der Waals surface area contributed by atoms with E-state index in [1.54, 1.807) is 11.3 Å². The third-order valence-corrected chi connectivity index (χ3v) is 3.27. The molecule has 0 amide bonds. The van der Waals surface area contributed by atoms with Crippen LogP contribution < -0.4 is 0 Å². The summed E-state index contributed by atoms with van der Waals surface area (Å²) in [7, 11) is 0. The van der Waals surface area contributed by atoms with Crippen LogP contribution in [0.4, 0.5) is 0 Å². The van der Waals surface area contributed by atoms with Crippen molar-refractivity contribution in [3.05, 3.63) is 23.5 Å². The van der Waals surface area contributed by atoms with E-state index < -0.39 is 0 Å². The summed E-state index contributed by atoms with van der Waals surface area (Å²) in [5.41, 5.74) is 0.241. The molecule has 0 radical (unpaired) electrons. The number of rotatable bonds is 0. The summed E-state index contributed by atoms with van der Waals surface area (Å²) >= 11 is 1.76. The van der Waals surface area contributed by atoms with Gasteiger partial charge in [0.15, 0.2) is 4.96 Å². The van der Waals surface area contributed by atoms with Gasteiger partial charge < -0.3 is 0 Å². The zero-order chi connectivity index (χ0) is 8.77. The van der Waals surface area contributed by atoms with Crippen LogP contribution in [0, 0.1) is 0 Å². The van der Waals surface area contributed by atoms with Crippen LogP contribution in [0.15, 0.2) is 18.6 Å². The topological polar surface area (TPSA) is 17.3 Å². The normalized spacial score (nSPS) is 12.6. The van der Waals surface area contributed by atoms with E-state index in [1.807, 2.05) is 12.4 Å². The molecule has 0 atom stereocenters. The van der Waals surface area contributed by atoms with Crippen molar-refractivity contribution in [3.8, 4) is 0 Å². The molecule has 0 saturated heterocycles. The van der Waals surface area contributed by atoms with Crippen LogP contribution in [0.3, 0.4) is 0 Å². The molecule has 0 fully saturated rings. The van der Waals surface area contributed by atoms with E-state index in [2.05, 4.69) is 36.4 Å². The van der Waals surface area contributed by atoms with E-state index in [0.29, 0.717) is 0 Å². The Bertz CT molecular complexity index is 363. The number of aromatic nitrogens is 2. The van der Waals surface area contributed by atoms with Crippen molar-refractivity contribution in [1.82, 2.24) is 9.38 Å². The molecule has 2 heterocycles. The average Bonchev–Trinajstić information content (AvgIpc) is 2.37. The second kappa shape index (κ2) is 2.33. The van der Waals surface area contributed by atoms with Gasteiger partial charge in [-0.3, -0.25) is 4.40 Å². The van der Waals surface area contributed by atoms with Crippen LogP contribution in [-0.4, -0.2) is 9.38 Å². The predicted molar refractivity (Wildman–Crippen MR) is 51.8 cm³/mol. The Balaban J connectivity index is 2.59. The summed E-state index contributed by atoms with van der Waals surface area (Å²) < 4.78 is 2.07. The second-order valence-corrected chi connectivity index (χ2v) is 4.97. The van der Waals surface area contributed by atoms with Crippen molar-refractivity contribution in [2.45, 2.75) is 26.2 Å². The maximum absolute atomic E-state index is 4.23. The molecule has 2 aromatic rings. The van der Waals surface area contributed by atoms with Crippen LogP contribution >= 0.6 is 11.3 Å². The third kappa shape index (κ3) is 1.14. The third-order valence-electron chi connectivity index (χ3n) is 1.83. The van der Waals surface area contributed by atoms with Gasteiger partial charge >= 0.3 is 0 Å². The molecule has 0 unspecified atom stereocenters. The van der Waals surface area contributed by atoms with Gasteiger partial charge in [0.1, 0.15) is 0 Å². The molecule has 0 aromatic carbocycles. The zero-order valence-electron chi connectivity index (χ0n) is 7.53. The van der Waals surface area contributed by atoms with E-state index in [4.69, 9.17) is 0 Å². The fraction of sp³-hybridized carbons (Fsp3) is 0.444. The Morgan fingerprint density at radius 3 is 2.75 bits per heavy atom. The predicted octanol–water partition coefficient (Wildman–Crippen LogP) is 2.69. The lowest BCUT2D eigenvalue weighted by atomic mass is 9.96. The molecule has 0 saturated carbocycles. The molecule has 0 aliphatic heterocycles. The minimum absolute atomic E-state index is 0.241. The molecular formula is C9H12N2S. The fourth-order valence-electron chi connectivity index (χ4n) is 1.07. The van der Waals surface area contributed by atoms with Crippen molar-refractivity contribution in [2.75, 3.05) is 0 Å². The van der Waals surface area contributed by atoms with E-state index in [-0.39, 0.29) is 5.41 Å². The quantitative estimate of drug-likeness (QED) is 0.609. The standard InChI is InChI=1S/C9H12N2S/c1-9(2,3)7-6-11-5-4-10-8(11)12-7/h4-6H,1-3H3. The van der Waals surface area contributed by atoms with Crippen LogP contribution in [-0.2, 0) is 5.41 Å². The SMILES string of the molecule is CC(C)(C)c1cn2ccnc2s1. The first-order valence-corrected chi connectivity index (χ1v) is 4.82. The van der Waals surface area contributed by atoms with Gasteiger partial charge in [-0.15, -0.1) is 11.3 Å². The van der Waals surface area contributed by atoms with Gasteiger partial charge in [-0.05, 0) is 5.41 Å². The Kier molecular flexibility index (Phi) is 1.51. The zero-order valence-corrected chi connectivity index (χ0v) is 8.35. The van der Waals surface area contributed by atoms with Gasteiger partial charge in [0, 0.05) is 23.5 Å². The first-order chi connectivity index (χ1) is 5.57. The molecule has 12 heavy (non-hydrogen) atoms. The van der Waals surface area contributed by atoms with Crippen LogP contribution in [0.2, 0.25) is 0 Å². The number of hydrogen-bond acceptors (Lipinski definition) is 2. The lowest BCUT2D eigenvalue weighted by Gasteiger charge is -2.14. The smallest absolute Gasteiger partial charge is 0.193 e. The maximum atomic E-state index is 4.23. The maximum Gasteiger partial charge on any atom is 0.193 e. The van der Waals surface area contributed by atoms with Gasteiger partial charge in [0.05, 0.1) is 0 Å². The van der Waals surface area contributed by atoms with Gasteiger partial charge in [-0.25, -0.2) is 4.98 Å². The second-order valence-electron chi connectivity index (χ2n) is 3.96. The van der Waals surface area contributed by atoms with Gasteiger partial charge in [-0.1, -0.05) is 20.8 Å². The molecule has 0 aliphatic rings. The molecule has 0 N–H and O–H groups in total. The Labute approximate surface area is 75.9 Å². The minimum atomic E-state index is 0.241. The molecule has 3 heteroatoms. The van der Waals surface area contributed by atoms with Crippen LogP contribution in [0.25, 0.3) is 4.96 Å². The molecule has 2 aromatic heterocycles. The molecule has 0 spiro atoms. The number of hydrogen-bond donors (Lipinski definition) is 0. The number of fused-ring (bicyclic) bond motifs is 1. The summed E-state index contributed by atoms with van der Waals surface area (Å²) in [5, 5.41) is 0. The Morgan fingerprint density at radius 2 is 2.17 bits per heavy atom. The highest BCUT2D eigenvalue weighted by Gasteiger charge is 2.16. The van der Waals surface area contributed by atoms with Gasteiger partial charge in [0.25, 0.3) is 0 Å². The van der Waals surface area contributed by atoms with Crippen molar-refractivity contribution < 1.29 is 0 Å². The number of imidazole rings is 1. The fourth-order valence-corrected chi connectivity index (χ4v) is 2.08. The number of thiazole rings is 1. The summed E-state index contributed by atoms with van der Waals surface area (Å²) in [6, 6.07) is 0. The highest BCUT2D eigenvalue weighted by Crippen LogP contribution is 2.28. The van der Waals surface area contributed by atoms with Crippen molar-refractivity contribution >= 4 is 16.3 Å². The van der Waals surface area contributed by atoms with Gasteiger partial charge in [-0.2, -0.15) is 0 Å². The van der Waals surface area contributed by atoms with Crippen molar-refractivity contribution in [1.29, 1.82) is 0 Å². The molecule has 64 valence electrons. The largest absolute Gasteiger partial charge is 0.297 e. The lowest BCUT2D eigenvalue weighted by molar-refractivity contribution is 0.601.